The summed E-state index contributed by atoms with van der Waals surface area (Å²) in [6, 6.07) is 3.65. The van der Waals surface area contributed by atoms with Gasteiger partial charge in [-0.2, -0.15) is 0 Å². The molecule has 7 heteroatoms. The molecule has 1 aliphatic rings. The van der Waals surface area contributed by atoms with Crippen molar-refractivity contribution >= 4 is 18.3 Å². The number of amides is 1. The third-order valence-electron chi connectivity index (χ3n) is 4.17. The van der Waals surface area contributed by atoms with E-state index in [0.29, 0.717) is 44.7 Å². The first-order chi connectivity index (χ1) is 10.6. The summed E-state index contributed by atoms with van der Waals surface area (Å²) in [5, 5.41) is 0. The Labute approximate surface area is 142 Å². The molecule has 1 aliphatic heterocycles. The largest absolute Gasteiger partial charge is 0.340 e. The third-order valence-corrected chi connectivity index (χ3v) is 4.17. The molecule has 0 bridgehead atoms. The fraction of sp³-hybridized carbons (Fsp3) is 0.562. The molecule has 1 aromatic carbocycles. The van der Waals surface area contributed by atoms with Crippen LogP contribution in [0.1, 0.15) is 31.4 Å². The van der Waals surface area contributed by atoms with Gasteiger partial charge in [0.2, 0.25) is 5.91 Å². The molecule has 0 spiro atoms. The molecule has 1 aromatic rings. The maximum Gasteiger partial charge on any atom is 0.223 e. The highest BCUT2D eigenvalue weighted by atomic mass is 35.5. The number of rotatable bonds is 5. The highest BCUT2D eigenvalue weighted by molar-refractivity contribution is 5.85. The van der Waals surface area contributed by atoms with Crippen LogP contribution in [0.15, 0.2) is 18.2 Å². The summed E-state index contributed by atoms with van der Waals surface area (Å²) in [7, 11) is 0. The van der Waals surface area contributed by atoms with Crippen molar-refractivity contribution in [3.63, 3.8) is 0 Å². The number of carbonyl (C=O) groups is 1. The van der Waals surface area contributed by atoms with Crippen molar-refractivity contribution in [1.29, 1.82) is 0 Å². The molecule has 1 heterocycles. The molecule has 1 unspecified atom stereocenters. The van der Waals surface area contributed by atoms with E-state index in [1.807, 2.05) is 6.92 Å². The number of hydrogen-bond acceptors (Lipinski definition) is 3. The standard InChI is InChI=1S/C16H23F2N3O.ClH/c1-2-15(13-4-3-12(17)11-14(13)18)20-7-9-21(10-8-20)16(22)5-6-19;/h3-4,11,15H,2,5-10,19H2,1H3;1H. The molecule has 1 atom stereocenters. The fourth-order valence-corrected chi connectivity index (χ4v) is 3.01. The molecule has 1 fully saturated rings. The van der Waals surface area contributed by atoms with E-state index in [9.17, 15) is 13.6 Å². The lowest BCUT2D eigenvalue weighted by molar-refractivity contribution is -0.133. The fourth-order valence-electron chi connectivity index (χ4n) is 3.01. The Kier molecular flexibility index (Phi) is 7.88. The third kappa shape index (κ3) is 4.86. The molecular formula is C16H24ClF2N3O. The van der Waals surface area contributed by atoms with Gasteiger partial charge in [-0.15, -0.1) is 12.4 Å². The molecule has 0 saturated carbocycles. The molecule has 0 radical (unpaired) electrons. The van der Waals surface area contributed by atoms with Crippen molar-refractivity contribution in [1.82, 2.24) is 9.80 Å². The zero-order chi connectivity index (χ0) is 16.1. The van der Waals surface area contributed by atoms with Crippen LogP contribution in [0.5, 0.6) is 0 Å². The van der Waals surface area contributed by atoms with Gasteiger partial charge in [0.05, 0.1) is 0 Å². The number of benzene rings is 1. The Balaban J connectivity index is 0.00000264. The smallest absolute Gasteiger partial charge is 0.223 e. The first-order valence-corrected chi connectivity index (χ1v) is 7.73. The zero-order valence-corrected chi connectivity index (χ0v) is 14.1. The van der Waals surface area contributed by atoms with E-state index in [1.54, 1.807) is 4.90 Å². The molecule has 4 nitrogen and oxygen atoms in total. The maximum atomic E-state index is 14.0. The summed E-state index contributed by atoms with van der Waals surface area (Å²) in [5.41, 5.74) is 5.93. The van der Waals surface area contributed by atoms with Crippen molar-refractivity contribution in [3.8, 4) is 0 Å². The molecule has 2 N–H and O–H groups in total. The van der Waals surface area contributed by atoms with Gasteiger partial charge < -0.3 is 10.6 Å². The van der Waals surface area contributed by atoms with Gasteiger partial charge in [-0.1, -0.05) is 13.0 Å². The lowest BCUT2D eigenvalue weighted by atomic mass is 10.0. The van der Waals surface area contributed by atoms with Gasteiger partial charge in [0.15, 0.2) is 0 Å². The van der Waals surface area contributed by atoms with Crippen molar-refractivity contribution in [2.24, 2.45) is 5.73 Å². The average Bonchev–Trinajstić information content (AvgIpc) is 2.51. The molecule has 0 aromatic heterocycles. The second-order valence-corrected chi connectivity index (χ2v) is 5.55. The van der Waals surface area contributed by atoms with Crippen molar-refractivity contribution < 1.29 is 13.6 Å². The predicted molar refractivity (Wildman–Crippen MR) is 88.5 cm³/mol. The molecule has 0 aliphatic carbocycles. The van der Waals surface area contributed by atoms with Gasteiger partial charge >= 0.3 is 0 Å². The SMILES string of the molecule is CCC(c1ccc(F)cc1F)N1CCN(C(=O)CCN)CC1.Cl. The van der Waals surface area contributed by atoms with E-state index < -0.39 is 11.6 Å². The summed E-state index contributed by atoms with van der Waals surface area (Å²) in [4.78, 5) is 15.8. The quantitative estimate of drug-likeness (QED) is 0.889. The number of piperazine rings is 1. The van der Waals surface area contributed by atoms with Crippen LogP contribution in [-0.4, -0.2) is 48.4 Å². The molecule has 2 rings (SSSR count). The van der Waals surface area contributed by atoms with Crippen molar-refractivity contribution in [2.75, 3.05) is 32.7 Å². The minimum Gasteiger partial charge on any atom is -0.340 e. The first kappa shape index (κ1) is 19.8. The van der Waals surface area contributed by atoms with Crippen LogP contribution in [0.25, 0.3) is 0 Å². The summed E-state index contributed by atoms with van der Waals surface area (Å²) < 4.78 is 27.1. The van der Waals surface area contributed by atoms with Crippen LogP contribution in [-0.2, 0) is 4.79 Å². The second-order valence-electron chi connectivity index (χ2n) is 5.55. The Hall–Kier alpha value is -1.24. The normalized spacial score (nSPS) is 16.8. The number of carbonyl (C=O) groups excluding carboxylic acids is 1. The van der Waals surface area contributed by atoms with Gasteiger partial charge in [0.25, 0.3) is 0 Å². The lowest BCUT2D eigenvalue weighted by Gasteiger charge is -2.39. The van der Waals surface area contributed by atoms with Gasteiger partial charge in [-0.05, 0) is 12.5 Å². The van der Waals surface area contributed by atoms with Crippen LogP contribution < -0.4 is 5.73 Å². The van der Waals surface area contributed by atoms with E-state index in [0.717, 1.165) is 12.5 Å². The van der Waals surface area contributed by atoms with Crippen LogP contribution in [0.3, 0.4) is 0 Å². The number of hydrogen-bond donors (Lipinski definition) is 1. The Bertz CT molecular complexity index is 522. The van der Waals surface area contributed by atoms with Gasteiger partial charge in [-0.3, -0.25) is 9.69 Å². The number of nitrogens with two attached hydrogens (primary N) is 1. The Morgan fingerprint density at radius 3 is 2.43 bits per heavy atom. The van der Waals surface area contributed by atoms with Crippen LogP contribution in [0, 0.1) is 11.6 Å². The van der Waals surface area contributed by atoms with Crippen LogP contribution in [0.2, 0.25) is 0 Å². The molecular weight excluding hydrogens is 324 g/mol. The van der Waals surface area contributed by atoms with Crippen molar-refractivity contribution in [2.45, 2.75) is 25.8 Å². The Morgan fingerprint density at radius 1 is 1.26 bits per heavy atom. The average molecular weight is 348 g/mol. The maximum absolute atomic E-state index is 14.0. The van der Waals surface area contributed by atoms with Gasteiger partial charge in [0.1, 0.15) is 11.6 Å². The molecule has 1 amide bonds. The van der Waals surface area contributed by atoms with E-state index >= 15 is 0 Å². The van der Waals surface area contributed by atoms with Gasteiger partial charge in [-0.25, -0.2) is 8.78 Å². The van der Waals surface area contributed by atoms with Gasteiger partial charge in [0, 0.05) is 56.8 Å². The van der Waals surface area contributed by atoms with E-state index in [4.69, 9.17) is 5.73 Å². The first-order valence-electron chi connectivity index (χ1n) is 7.73. The molecule has 1 saturated heterocycles. The predicted octanol–water partition coefficient (Wildman–Crippen LogP) is 2.33. The second kappa shape index (κ2) is 9.15. The highest BCUT2D eigenvalue weighted by Gasteiger charge is 2.27. The minimum atomic E-state index is -0.562. The van der Waals surface area contributed by atoms with E-state index in [2.05, 4.69) is 4.90 Å². The number of halogens is 3. The summed E-state index contributed by atoms with van der Waals surface area (Å²) in [5.74, 6) is -0.995. The van der Waals surface area contributed by atoms with Crippen LogP contribution in [0.4, 0.5) is 8.78 Å². The van der Waals surface area contributed by atoms with E-state index in [1.165, 1.54) is 12.1 Å². The summed E-state index contributed by atoms with van der Waals surface area (Å²) in [6.07, 6.45) is 1.10. The Morgan fingerprint density at radius 2 is 1.91 bits per heavy atom. The molecule has 23 heavy (non-hydrogen) atoms. The molecule has 130 valence electrons. The lowest BCUT2D eigenvalue weighted by Crippen LogP contribution is -2.50. The highest BCUT2D eigenvalue weighted by Crippen LogP contribution is 2.28. The van der Waals surface area contributed by atoms with Crippen molar-refractivity contribution in [3.05, 3.63) is 35.4 Å². The topological polar surface area (TPSA) is 49.6 Å². The monoisotopic (exact) mass is 347 g/mol. The zero-order valence-electron chi connectivity index (χ0n) is 13.3. The minimum absolute atomic E-state index is 0. The number of nitrogens with zero attached hydrogens (tertiary/aromatic N) is 2. The summed E-state index contributed by atoms with van der Waals surface area (Å²) >= 11 is 0. The summed E-state index contributed by atoms with van der Waals surface area (Å²) in [6.45, 7) is 4.96. The van der Waals surface area contributed by atoms with Crippen LogP contribution >= 0.6 is 12.4 Å². The van der Waals surface area contributed by atoms with E-state index in [-0.39, 0.29) is 24.4 Å².